The number of thiophene rings is 1. The first-order chi connectivity index (χ1) is 8.74. The molecule has 0 saturated heterocycles. The highest BCUT2D eigenvalue weighted by Gasteiger charge is 2.14. The van der Waals surface area contributed by atoms with E-state index in [0.29, 0.717) is 0 Å². The van der Waals surface area contributed by atoms with E-state index in [4.69, 9.17) is 5.84 Å². The van der Waals surface area contributed by atoms with Crippen LogP contribution < -0.4 is 11.3 Å². The molecular weight excluding hydrogens is 242 g/mol. The summed E-state index contributed by atoms with van der Waals surface area (Å²) < 4.78 is 0. The fraction of sp³-hybridized carbons (Fsp3) is 0.357. The molecule has 0 amide bonds. The van der Waals surface area contributed by atoms with E-state index in [2.05, 4.69) is 36.4 Å². The second-order valence-electron chi connectivity index (χ2n) is 4.38. The molecule has 2 aromatic heterocycles. The zero-order chi connectivity index (χ0) is 13.0. The van der Waals surface area contributed by atoms with Gasteiger partial charge in [-0.15, -0.1) is 11.3 Å². The largest absolute Gasteiger partial charge is 0.271 e. The van der Waals surface area contributed by atoms with E-state index in [1.807, 2.05) is 29.8 Å². The molecule has 1 unspecified atom stereocenters. The summed E-state index contributed by atoms with van der Waals surface area (Å²) in [7, 11) is 0. The summed E-state index contributed by atoms with van der Waals surface area (Å²) >= 11 is 1.86. The molecule has 0 aliphatic carbocycles. The minimum Gasteiger partial charge on any atom is -0.271 e. The van der Waals surface area contributed by atoms with Crippen LogP contribution in [0.5, 0.6) is 0 Å². The van der Waals surface area contributed by atoms with Gasteiger partial charge in [0.05, 0.1) is 6.04 Å². The van der Waals surface area contributed by atoms with Gasteiger partial charge in [-0.2, -0.15) is 0 Å². The number of nitrogens with zero attached hydrogens (tertiary/aromatic N) is 1. The zero-order valence-electron chi connectivity index (χ0n) is 10.8. The van der Waals surface area contributed by atoms with Gasteiger partial charge in [-0.3, -0.25) is 16.3 Å². The number of rotatable bonds is 5. The Hall–Kier alpha value is -1.23. The summed E-state index contributed by atoms with van der Waals surface area (Å²) in [6.45, 7) is 4.27. The van der Waals surface area contributed by atoms with Crippen molar-refractivity contribution in [3.8, 4) is 0 Å². The van der Waals surface area contributed by atoms with Gasteiger partial charge in [-0.1, -0.05) is 6.92 Å². The van der Waals surface area contributed by atoms with Crippen LogP contribution in [0.25, 0.3) is 0 Å². The molecule has 96 valence electrons. The third-order valence-electron chi connectivity index (χ3n) is 3.13. The molecule has 0 aliphatic heterocycles. The lowest BCUT2D eigenvalue weighted by molar-refractivity contribution is 0.551. The summed E-state index contributed by atoms with van der Waals surface area (Å²) in [6.07, 6.45) is 5.71. The topological polar surface area (TPSA) is 50.9 Å². The molecule has 3 nitrogen and oxygen atoms in total. The van der Waals surface area contributed by atoms with Crippen LogP contribution in [0.4, 0.5) is 0 Å². The van der Waals surface area contributed by atoms with Gasteiger partial charge in [-0.25, -0.2) is 0 Å². The van der Waals surface area contributed by atoms with Gasteiger partial charge < -0.3 is 0 Å². The van der Waals surface area contributed by atoms with E-state index in [0.717, 1.165) is 12.8 Å². The highest BCUT2D eigenvalue weighted by Crippen LogP contribution is 2.25. The average molecular weight is 261 g/mol. The monoisotopic (exact) mass is 261 g/mol. The maximum atomic E-state index is 5.69. The first-order valence-electron chi connectivity index (χ1n) is 6.18. The summed E-state index contributed by atoms with van der Waals surface area (Å²) in [5.74, 6) is 5.69. The molecule has 2 heterocycles. The Balaban J connectivity index is 2.17. The molecule has 0 radical (unpaired) electrons. The maximum Gasteiger partial charge on any atom is 0.0526 e. The Morgan fingerprint density at radius 2 is 2.11 bits per heavy atom. The van der Waals surface area contributed by atoms with Crippen LogP contribution in [0.1, 0.15) is 33.8 Å². The lowest BCUT2D eigenvalue weighted by Crippen LogP contribution is -2.30. The van der Waals surface area contributed by atoms with Crippen LogP contribution in [0, 0.1) is 6.92 Å². The van der Waals surface area contributed by atoms with Crippen molar-refractivity contribution in [2.75, 3.05) is 0 Å². The molecule has 2 aromatic rings. The summed E-state index contributed by atoms with van der Waals surface area (Å²) in [6, 6.07) is 6.54. The van der Waals surface area contributed by atoms with Gasteiger partial charge in [0.25, 0.3) is 0 Å². The summed E-state index contributed by atoms with van der Waals surface area (Å²) in [4.78, 5) is 6.96. The lowest BCUT2D eigenvalue weighted by atomic mass is 10.0. The van der Waals surface area contributed by atoms with E-state index < -0.39 is 0 Å². The van der Waals surface area contributed by atoms with Crippen LogP contribution in [0.15, 0.2) is 30.6 Å². The van der Waals surface area contributed by atoms with Crippen molar-refractivity contribution in [2.24, 2.45) is 5.84 Å². The first kappa shape index (κ1) is 13.2. The quantitative estimate of drug-likeness (QED) is 0.643. The van der Waals surface area contributed by atoms with Crippen molar-refractivity contribution in [2.45, 2.75) is 32.7 Å². The van der Waals surface area contributed by atoms with Gasteiger partial charge in [0.15, 0.2) is 0 Å². The molecule has 0 saturated carbocycles. The Morgan fingerprint density at radius 1 is 1.33 bits per heavy atom. The van der Waals surface area contributed by atoms with E-state index in [9.17, 15) is 0 Å². The zero-order valence-corrected chi connectivity index (χ0v) is 11.6. The third kappa shape index (κ3) is 2.96. The lowest BCUT2D eigenvalue weighted by Gasteiger charge is -2.17. The molecule has 3 N–H and O–H groups in total. The normalized spacial score (nSPS) is 12.6. The number of hydrogen-bond acceptors (Lipinski definition) is 4. The van der Waals surface area contributed by atoms with Crippen molar-refractivity contribution >= 4 is 11.3 Å². The highest BCUT2D eigenvalue weighted by atomic mass is 32.1. The van der Waals surface area contributed by atoms with Crippen LogP contribution in [0.3, 0.4) is 0 Å². The number of aromatic nitrogens is 1. The summed E-state index contributed by atoms with van der Waals surface area (Å²) in [5, 5.41) is 0. The molecule has 2 rings (SSSR count). The third-order valence-corrected chi connectivity index (χ3v) is 4.38. The SMILES string of the molecule is CCc1ccc(CC(NN)c2cnccc2C)s1. The van der Waals surface area contributed by atoms with Crippen LogP contribution in [0.2, 0.25) is 0 Å². The molecule has 1 atom stereocenters. The molecule has 0 aliphatic rings. The minimum atomic E-state index is 0.127. The fourth-order valence-electron chi connectivity index (χ4n) is 2.02. The number of aryl methyl sites for hydroxylation is 2. The van der Waals surface area contributed by atoms with Crippen molar-refractivity contribution in [3.05, 3.63) is 51.5 Å². The van der Waals surface area contributed by atoms with Crippen LogP contribution in [-0.4, -0.2) is 4.98 Å². The van der Waals surface area contributed by atoms with Crippen molar-refractivity contribution < 1.29 is 0 Å². The van der Waals surface area contributed by atoms with Gasteiger partial charge >= 0.3 is 0 Å². The second-order valence-corrected chi connectivity index (χ2v) is 5.63. The van der Waals surface area contributed by atoms with Gasteiger partial charge in [0.2, 0.25) is 0 Å². The number of hydrogen-bond donors (Lipinski definition) is 2. The Kier molecular flexibility index (Phi) is 4.47. The Bertz CT molecular complexity index is 507. The predicted molar refractivity (Wildman–Crippen MR) is 76.4 cm³/mol. The predicted octanol–water partition coefficient (Wildman–Crippen LogP) is 2.76. The number of nitrogens with one attached hydrogen (secondary N) is 1. The molecule has 0 bridgehead atoms. The molecule has 0 spiro atoms. The van der Waals surface area contributed by atoms with E-state index in [1.165, 1.54) is 20.9 Å². The molecular formula is C14H19N3S. The smallest absolute Gasteiger partial charge is 0.0526 e. The maximum absolute atomic E-state index is 5.69. The van der Waals surface area contributed by atoms with E-state index >= 15 is 0 Å². The number of nitrogens with two attached hydrogens (primary N) is 1. The molecule has 4 heteroatoms. The number of hydrazine groups is 1. The van der Waals surface area contributed by atoms with Gasteiger partial charge in [-0.05, 0) is 42.7 Å². The van der Waals surface area contributed by atoms with Crippen molar-refractivity contribution in [1.82, 2.24) is 10.4 Å². The van der Waals surface area contributed by atoms with Crippen LogP contribution in [-0.2, 0) is 12.8 Å². The first-order valence-corrected chi connectivity index (χ1v) is 7.00. The molecule has 18 heavy (non-hydrogen) atoms. The fourth-order valence-corrected chi connectivity index (χ4v) is 3.03. The molecule has 0 aromatic carbocycles. The average Bonchev–Trinajstić information content (AvgIpc) is 2.85. The summed E-state index contributed by atoms with van der Waals surface area (Å²) in [5.41, 5.74) is 5.30. The van der Waals surface area contributed by atoms with Gasteiger partial charge in [0, 0.05) is 28.6 Å². The van der Waals surface area contributed by atoms with E-state index in [-0.39, 0.29) is 6.04 Å². The van der Waals surface area contributed by atoms with Gasteiger partial charge in [0.1, 0.15) is 0 Å². The Labute approximate surface area is 112 Å². The van der Waals surface area contributed by atoms with E-state index in [1.54, 1.807) is 0 Å². The number of pyridine rings is 1. The standard InChI is InChI=1S/C14H19N3S/c1-3-11-4-5-12(18-11)8-14(17-15)13-9-16-7-6-10(13)2/h4-7,9,14,17H,3,8,15H2,1-2H3. The minimum absolute atomic E-state index is 0.127. The van der Waals surface area contributed by atoms with Crippen molar-refractivity contribution in [3.63, 3.8) is 0 Å². The van der Waals surface area contributed by atoms with Crippen molar-refractivity contribution in [1.29, 1.82) is 0 Å². The highest BCUT2D eigenvalue weighted by molar-refractivity contribution is 7.11. The Morgan fingerprint density at radius 3 is 2.72 bits per heavy atom. The second kappa shape index (κ2) is 6.09. The molecule has 0 fully saturated rings. The van der Waals surface area contributed by atoms with Crippen LogP contribution >= 0.6 is 11.3 Å².